The molecule has 108 valence electrons. The number of anilines is 1. The first-order valence-corrected chi connectivity index (χ1v) is 6.27. The summed E-state index contributed by atoms with van der Waals surface area (Å²) in [5, 5.41) is 15.3. The van der Waals surface area contributed by atoms with Crippen LogP contribution in [0.5, 0.6) is 0 Å². The molecule has 0 saturated carbocycles. The van der Waals surface area contributed by atoms with E-state index in [1.54, 1.807) is 0 Å². The third kappa shape index (κ3) is 4.50. The zero-order chi connectivity index (χ0) is 14.6. The molecule has 1 unspecified atom stereocenters. The van der Waals surface area contributed by atoms with Crippen LogP contribution in [0.15, 0.2) is 15.5 Å². The Morgan fingerprint density at radius 3 is 2.68 bits per heavy atom. The van der Waals surface area contributed by atoms with E-state index in [4.69, 9.17) is 5.11 Å². The molecule has 0 aliphatic heterocycles. The lowest BCUT2D eigenvalue weighted by molar-refractivity contribution is -0.143. The minimum absolute atomic E-state index is 0.0429. The molecule has 9 heteroatoms. The number of alkyl halides is 3. The molecule has 5 nitrogen and oxygen atoms in total. The Balaban J connectivity index is 3.01. The lowest BCUT2D eigenvalue weighted by Gasteiger charge is -2.17. The van der Waals surface area contributed by atoms with Gasteiger partial charge >= 0.3 is 6.18 Å². The highest BCUT2D eigenvalue weighted by molar-refractivity contribution is 9.10. The lowest BCUT2D eigenvalue weighted by atomic mass is 10.2. The van der Waals surface area contributed by atoms with E-state index in [1.807, 2.05) is 6.92 Å². The van der Waals surface area contributed by atoms with E-state index in [1.165, 1.54) is 0 Å². The monoisotopic (exact) mass is 343 g/mol. The molecule has 1 heterocycles. The van der Waals surface area contributed by atoms with Gasteiger partial charge in [-0.25, -0.2) is 4.68 Å². The molecule has 1 aromatic rings. The van der Waals surface area contributed by atoms with Gasteiger partial charge in [-0.15, -0.1) is 0 Å². The average molecular weight is 344 g/mol. The number of aliphatic hydroxyl groups is 1. The molecule has 0 bridgehead atoms. The van der Waals surface area contributed by atoms with Crippen molar-refractivity contribution in [1.29, 1.82) is 0 Å². The predicted octanol–water partition coefficient (Wildman–Crippen LogP) is 1.75. The predicted molar refractivity (Wildman–Crippen MR) is 67.0 cm³/mol. The van der Waals surface area contributed by atoms with Crippen molar-refractivity contribution >= 4 is 21.6 Å². The smallest absolute Gasteiger partial charge is 0.394 e. The fraction of sp³-hybridized carbons (Fsp3) is 0.600. The fourth-order valence-electron chi connectivity index (χ4n) is 1.34. The summed E-state index contributed by atoms with van der Waals surface area (Å²) in [4.78, 5) is 11.7. The second-order valence-corrected chi connectivity index (χ2v) is 4.68. The van der Waals surface area contributed by atoms with Crippen LogP contribution in [0.2, 0.25) is 0 Å². The molecule has 0 aliphatic rings. The number of aliphatic hydroxyl groups excluding tert-OH is 1. The first-order chi connectivity index (χ1) is 8.78. The van der Waals surface area contributed by atoms with Crippen LogP contribution in [0.25, 0.3) is 0 Å². The molecule has 19 heavy (non-hydrogen) atoms. The van der Waals surface area contributed by atoms with Crippen molar-refractivity contribution in [3.05, 3.63) is 21.0 Å². The number of nitrogens with zero attached hydrogens (tertiary/aromatic N) is 2. The maximum absolute atomic E-state index is 12.2. The normalized spacial score (nSPS) is 13.4. The molecule has 0 radical (unpaired) electrons. The Hall–Kier alpha value is -1.09. The number of nitrogens with one attached hydrogen (secondary N) is 1. The van der Waals surface area contributed by atoms with E-state index in [2.05, 4.69) is 26.3 Å². The van der Waals surface area contributed by atoms with Crippen LogP contribution in [0, 0.1) is 0 Å². The summed E-state index contributed by atoms with van der Waals surface area (Å²) in [7, 11) is 0. The quantitative estimate of drug-likeness (QED) is 0.854. The summed E-state index contributed by atoms with van der Waals surface area (Å²) in [5.41, 5.74) is -0.626. The SMILES string of the molecule is CCC(CO)Nc1cnn(CC(F)(F)F)c(=O)c1Br. The molecule has 0 spiro atoms. The van der Waals surface area contributed by atoms with Crippen molar-refractivity contribution in [3.8, 4) is 0 Å². The van der Waals surface area contributed by atoms with E-state index in [0.717, 1.165) is 6.20 Å². The second kappa shape index (κ2) is 6.38. The number of hydrogen-bond donors (Lipinski definition) is 2. The number of hydrogen-bond acceptors (Lipinski definition) is 4. The Morgan fingerprint density at radius 2 is 2.21 bits per heavy atom. The summed E-state index contributed by atoms with van der Waals surface area (Å²) < 4.78 is 36.9. The average Bonchev–Trinajstić information content (AvgIpc) is 2.33. The van der Waals surface area contributed by atoms with E-state index in [9.17, 15) is 18.0 Å². The molecule has 0 amide bonds. The third-order valence-corrected chi connectivity index (χ3v) is 3.15. The molecule has 0 saturated heterocycles. The molecular formula is C10H13BrF3N3O2. The minimum atomic E-state index is -4.51. The Morgan fingerprint density at radius 1 is 1.58 bits per heavy atom. The number of rotatable bonds is 5. The van der Waals surface area contributed by atoms with Crippen molar-refractivity contribution in [1.82, 2.24) is 9.78 Å². The summed E-state index contributed by atoms with van der Waals surface area (Å²) in [6, 6.07) is -0.295. The van der Waals surface area contributed by atoms with Crippen LogP contribution in [0.1, 0.15) is 13.3 Å². The zero-order valence-electron chi connectivity index (χ0n) is 10.0. The third-order valence-electron chi connectivity index (χ3n) is 2.39. The number of halogens is 4. The van der Waals surface area contributed by atoms with E-state index < -0.39 is 18.3 Å². The fourth-order valence-corrected chi connectivity index (χ4v) is 1.77. The Labute approximate surface area is 115 Å². The van der Waals surface area contributed by atoms with Gasteiger partial charge in [0.2, 0.25) is 0 Å². The molecule has 1 rings (SSSR count). The van der Waals surface area contributed by atoms with Gasteiger partial charge in [-0.2, -0.15) is 18.3 Å². The first-order valence-electron chi connectivity index (χ1n) is 5.48. The second-order valence-electron chi connectivity index (χ2n) is 3.88. The van der Waals surface area contributed by atoms with Crippen LogP contribution < -0.4 is 10.9 Å². The zero-order valence-corrected chi connectivity index (χ0v) is 11.6. The van der Waals surface area contributed by atoms with Crippen molar-refractivity contribution < 1.29 is 18.3 Å². The Kier molecular flexibility index (Phi) is 5.36. The van der Waals surface area contributed by atoms with Crippen LogP contribution in [-0.4, -0.2) is 33.7 Å². The maximum Gasteiger partial charge on any atom is 0.408 e. The molecule has 0 aliphatic carbocycles. The van der Waals surface area contributed by atoms with Crippen molar-refractivity contribution in [2.45, 2.75) is 32.1 Å². The van der Waals surface area contributed by atoms with Gasteiger partial charge in [-0.3, -0.25) is 4.79 Å². The topological polar surface area (TPSA) is 67.2 Å². The van der Waals surface area contributed by atoms with Gasteiger partial charge in [-0.05, 0) is 22.4 Å². The van der Waals surface area contributed by atoms with Crippen molar-refractivity contribution in [3.63, 3.8) is 0 Å². The lowest BCUT2D eigenvalue weighted by Crippen LogP contribution is -2.32. The van der Waals surface area contributed by atoms with Gasteiger partial charge in [0.1, 0.15) is 11.0 Å². The largest absolute Gasteiger partial charge is 0.408 e. The van der Waals surface area contributed by atoms with Crippen LogP contribution in [0.4, 0.5) is 18.9 Å². The summed E-state index contributed by atoms with van der Waals surface area (Å²) in [5.74, 6) is 0. The minimum Gasteiger partial charge on any atom is -0.394 e. The summed E-state index contributed by atoms with van der Waals surface area (Å²) >= 11 is 2.94. The van der Waals surface area contributed by atoms with Crippen LogP contribution in [0.3, 0.4) is 0 Å². The van der Waals surface area contributed by atoms with Crippen molar-refractivity contribution in [2.24, 2.45) is 0 Å². The van der Waals surface area contributed by atoms with E-state index in [-0.39, 0.29) is 22.8 Å². The highest BCUT2D eigenvalue weighted by atomic mass is 79.9. The molecule has 1 aromatic heterocycles. The van der Waals surface area contributed by atoms with Crippen LogP contribution in [-0.2, 0) is 6.54 Å². The molecule has 2 N–H and O–H groups in total. The highest BCUT2D eigenvalue weighted by Gasteiger charge is 2.29. The standard InChI is InChI=1S/C10H13BrF3N3O2/c1-2-6(4-18)16-7-3-15-17(5-10(12,13)14)9(19)8(7)11/h3,6,16,18H,2,4-5H2,1H3. The van der Waals surface area contributed by atoms with E-state index in [0.29, 0.717) is 11.1 Å². The first kappa shape index (κ1) is 16.0. The van der Waals surface area contributed by atoms with Crippen LogP contribution >= 0.6 is 15.9 Å². The van der Waals surface area contributed by atoms with Gasteiger partial charge in [-0.1, -0.05) is 6.92 Å². The Bertz CT molecular complexity index is 486. The summed E-state index contributed by atoms with van der Waals surface area (Å²) in [6.07, 6.45) is -2.80. The number of aromatic nitrogens is 2. The van der Waals surface area contributed by atoms with Gasteiger partial charge in [0.25, 0.3) is 5.56 Å². The van der Waals surface area contributed by atoms with Gasteiger partial charge in [0, 0.05) is 6.04 Å². The maximum atomic E-state index is 12.2. The molecule has 0 fully saturated rings. The molecular weight excluding hydrogens is 331 g/mol. The van der Waals surface area contributed by atoms with E-state index >= 15 is 0 Å². The van der Waals surface area contributed by atoms with Gasteiger partial charge in [0.05, 0.1) is 18.5 Å². The van der Waals surface area contributed by atoms with Crippen molar-refractivity contribution in [2.75, 3.05) is 11.9 Å². The van der Waals surface area contributed by atoms with Gasteiger partial charge in [0.15, 0.2) is 0 Å². The van der Waals surface area contributed by atoms with Gasteiger partial charge < -0.3 is 10.4 Å². The summed E-state index contributed by atoms with van der Waals surface area (Å²) in [6.45, 7) is 0.219. The highest BCUT2D eigenvalue weighted by Crippen LogP contribution is 2.20. The molecule has 1 atom stereocenters. The molecule has 0 aromatic carbocycles.